The first kappa shape index (κ1) is 13.4. The quantitative estimate of drug-likeness (QED) is 0.912. The molecule has 0 heterocycles. The summed E-state index contributed by atoms with van der Waals surface area (Å²) in [5, 5.41) is 9.74. The molecule has 0 bridgehead atoms. The maximum atomic E-state index is 10.9. The van der Waals surface area contributed by atoms with Crippen molar-refractivity contribution >= 4 is 17.6 Å². The number of hydrogen-bond donors (Lipinski definition) is 1. The zero-order valence-electron chi connectivity index (χ0n) is 10.7. The zero-order valence-corrected chi connectivity index (χ0v) is 11.4. The lowest BCUT2D eigenvalue weighted by Crippen LogP contribution is -2.31. The van der Waals surface area contributed by atoms with Crippen molar-refractivity contribution in [1.82, 2.24) is 4.90 Å². The molecule has 2 atom stereocenters. The van der Waals surface area contributed by atoms with Gasteiger partial charge < -0.3 is 5.11 Å². The van der Waals surface area contributed by atoms with E-state index in [-0.39, 0.29) is 5.92 Å². The van der Waals surface area contributed by atoms with Gasteiger partial charge >= 0.3 is 5.97 Å². The number of benzene rings is 1. The fourth-order valence-corrected chi connectivity index (χ4v) is 2.85. The number of carbonyl (C=O) groups is 1. The molecule has 0 aromatic heterocycles. The highest BCUT2D eigenvalue weighted by Gasteiger charge is 2.27. The van der Waals surface area contributed by atoms with E-state index in [2.05, 4.69) is 11.0 Å². The molecule has 0 radical (unpaired) electrons. The Labute approximate surface area is 112 Å². The topological polar surface area (TPSA) is 40.5 Å². The Balaban J connectivity index is 2.11. The molecule has 18 heavy (non-hydrogen) atoms. The minimum absolute atomic E-state index is 0.319. The monoisotopic (exact) mass is 267 g/mol. The Morgan fingerprint density at radius 2 is 2.33 bits per heavy atom. The number of rotatable bonds is 4. The molecular weight excluding hydrogens is 250 g/mol. The molecule has 2 unspecified atom stereocenters. The van der Waals surface area contributed by atoms with Gasteiger partial charge in [-0.05, 0) is 43.1 Å². The van der Waals surface area contributed by atoms with Crippen LogP contribution in [0.5, 0.6) is 0 Å². The summed E-state index contributed by atoms with van der Waals surface area (Å²) in [7, 11) is 1.99. The molecule has 0 aliphatic heterocycles. The molecule has 0 spiro atoms. The number of hydrogen-bond acceptors (Lipinski definition) is 2. The van der Waals surface area contributed by atoms with Crippen LogP contribution in [0.25, 0.3) is 0 Å². The van der Waals surface area contributed by atoms with Crippen molar-refractivity contribution in [3.63, 3.8) is 0 Å². The third kappa shape index (κ3) is 2.68. The van der Waals surface area contributed by atoms with Crippen LogP contribution in [0.2, 0.25) is 5.02 Å². The molecule has 4 heteroatoms. The Morgan fingerprint density at radius 1 is 1.61 bits per heavy atom. The minimum atomic E-state index is -0.740. The normalized spacial score (nSPS) is 19.9. The van der Waals surface area contributed by atoms with Crippen molar-refractivity contribution in [3.05, 3.63) is 34.3 Å². The first-order chi connectivity index (χ1) is 8.49. The first-order valence-electron chi connectivity index (χ1n) is 6.20. The van der Waals surface area contributed by atoms with Crippen LogP contribution in [0, 0.1) is 5.92 Å². The number of carboxylic acids is 1. The Kier molecular flexibility index (Phi) is 3.93. The lowest BCUT2D eigenvalue weighted by Gasteiger charge is -2.26. The van der Waals surface area contributed by atoms with Gasteiger partial charge in [0.1, 0.15) is 0 Å². The summed E-state index contributed by atoms with van der Waals surface area (Å²) in [6, 6.07) is 6.31. The van der Waals surface area contributed by atoms with Gasteiger partial charge in [-0.1, -0.05) is 24.6 Å². The van der Waals surface area contributed by atoms with E-state index in [1.807, 2.05) is 19.2 Å². The molecule has 2 rings (SSSR count). The number of aryl methyl sites for hydroxylation is 1. The van der Waals surface area contributed by atoms with Gasteiger partial charge in [0, 0.05) is 17.6 Å². The van der Waals surface area contributed by atoms with Gasteiger partial charge in [0.25, 0.3) is 0 Å². The second-order valence-electron chi connectivity index (χ2n) is 5.08. The lowest BCUT2D eigenvalue weighted by atomic mass is 10.1. The van der Waals surface area contributed by atoms with E-state index in [1.165, 1.54) is 11.1 Å². The largest absolute Gasteiger partial charge is 0.481 e. The van der Waals surface area contributed by atoms with Crippen molar-refractivity contribution in [2.24, 2.45) is 5.92 Å². The maximum absolute atomic E-state index is 10.9. The van der Waals surface area contributed by atoms with E-state index in [1.54, 1.807) is 6.92 Å². The van der Waals surface area contributed by atoms with Gasteiger partial charge in [-0.2, -0.15) is 0 Å². The lowest BCUT2D eigenvalue weighted by molar-refractivity contribution is -0.141. The Hall–Kier alpha value is -1.06. The van der Waals surface area contributed by atoms with E-state index >= 15 is 0 Å². The third-order valence-corrected chi connectivity index (χ3v) is 3.90. The van der Waals surface area contributed by atoms with Crippen molar-refractivity contribution < 1.29 is 9.90 Å². The summed E-state index contributed by atoms with van der Waals surface area (Å²) >= 11 is 5.99. The summed E-state index contributed by atoms with van der Waals surface area (Å²) in [5.74, 6) is -1.08. The zero-order chi connectivity index (χ0) is 13.3. The molecule has 1 aliphatic rings. The summed E-state index contributed by atoms with van der Waals surface area (Å²) in [5.41, 5.74) is 2.59. The summed E-state index contributed by atoms with van der Waals surface area (Å²) in [4.78, 5) is 13.0. The fraction of sp³-hybridized carbons (Fsp3) is 0.500. The number of fused-ring (bicyclic) bond motifs is 1. The van der Waals surface area contributed by atoms with Crippen LogP contribution >= 0.6 is 11.6 Å². The molecule has 0 amide bonds. The average molecular weight is 268 g/mol. The van der Waals surface area contributed by atoms with Crippen LogP contribution < -0.4 is 0 Å². The molecule has 1 aliphatic carbocycles. The van der Waals surface area contributed by atoms with Gasteiger partial charge in [-0.15, -0.1) is 0 Å². The predicted octanol–water partition coefficient (Wildman–Crippen LogP) is 2.98. The van der Waals surface area contributed by atoms with Crippen molar-refractivity contribution in [1.29, 1.82) is 0 Å². The van der Waals surface area contributed by atoms with E-state index in [0.29, 0.717) is 12.6 Å². The number of carboxylic acid groups (broad SMARTS) is 1. The molecule has 0 saturated heterocycles. The fourth-order valence-electron chi connectivity index (χ4n) is 2.66. The van der Waals surface area contributed by atoms with E-state index in [4.69, 9.17) is 16.7 Å². The van der Waals surface area contributed by atoms with Crippen LogP contribution in [-0.4, -0.2) is 29.6 Å². The smallest absolute Gasteiger partial charge is 0.307 e. The molecule has 98 valence electrons. The second kappa shape index (κ2) is 5.29. The molecule has 1 aromatic carbocycles. The second-order valence-corrected chi connectivity index (χ2v) is 5.51. The van der Waals surface area contributed by atoms with Gasteiger partial charge in [-0.3, -0.25) is 9.69 Å². The summed E-state index contributed by atoms with van der Waals surface area (Å²) in [6.07, 6.45) is 2.06. The Morgan fingerprint density at radius 3 is 3.00 bits per heavy atom. The SMILES string of the molecule is CC(CN(C)C1CCc2cc(Cl)ccc21)C(=O)O. The number of aliphatic carboxylic acids is 1. The molecule has 3 nitrogen and oxygen atoms in total. The summed E-state index contributed by atoms with van der Waals surface area (Å²) in [6.45, 7) is 2.32. The van der Waals surface area contributed by atoms with Crippen molar-refractivity contribution in [2.75, 3.05) is 13.6 Å². The molecule has 0 fully saturated rings. The van der Waals surface area contributed by atoms with E-state index in [9.17, 15) is 4.79 Å². The predicted molar refractivity (Wildman–Crippen MR) is 71.9 cm³/mol. The maximum Gasteiger partial charge on any atom is 0.307 e. The van der Waals surface area contributed by atoms with E-state index < -0.39 is 5.97 Å². The van der Waals surface area contributed by atoms with Crippen LogP contribution in [0.4, 0.5) is 0 Å². The van der Waals surface area contributed by atoms with Crippen molar-refractivity contribution in [2.45, 2.75) is 25.8 Å². The molecule has 1 N–H and O–H groups in total. The van der Waals surface area contributed by atoms with E-state index in [0.717, 1.165) is 17.9 Å². The van der Waals surface area contributed by atoms with Crippen LogP contribution in [0.1, 0.15) is 30.5 Å². The molecule has 1 aromatic rings. The molecule has 0 saturated carbocycles. The highest BCUT2D eigenvalue weighted by molar-refractivity contribution is 6.30. The third-order valence-electron chi connectivity index (χ3n) is 3.67. The van der Waals surface area contributed by atoms with Gasteiger partial charge in [0.2, 0.25) is 0 Å². The molecular formula is C14H18ClNO2. The highest BCUT2D eigenvalue weighted by Crippen LogP contribution is 2.36. The summed E-state index contributed by atoms with van der Waals surface area (Å²) < 4.78 is 0. The van der Waals surface area contributed by atoms with Gasteiger partial charge in [0.15, 0.2) is 0 Å². The number of nitrogens with zero attached hydrogens (tertiary/aromatic N) is 1. The van der Waals surface area contributed by atoms with Gasteiger partial charge in [0.05, 0.1) is 5.92 Å². The average Bonchev–Trinajstić information content (AvgIpc) is 2.71. The van der Waals surface area contributed by atoms with Crippen LogP contribution in [0.3, 0.4) is 0 Å². The minimum Gasteiger partial charge on any atom is -0.481 e. The van der Waals surface area contributed by atoms with Crippen LogP contribution in [-0.2, 0) is 11.2 Å². The van der Waals surface area contributed by atoms with Crippen molar-refractivity contribution in [3.8, 4) is 0 Å². The van der Waals surface area contributed by atoms with Gasteiger partial charge in [-0.25, -0.2) is 0 Å². The van der Waals surface area contributed by atoms with Crippen LogP contribution in [0.15, 0.2) is 18.2 Å². The Bertz CT molecular complexity index is 461. The first-order valence-corrected chi connectivity index (χ1v) is 6.58. The standard InChI is InChI=1S/C14H18ClNO2/c1-9(14(17)18)8-16(2)13-6-3-10-7-11(15)4-5-12(10)13/h4-5,7,9,13H,3,6,8H2,1-2H3,(H,17,18). The number of halogens is 1. The highest BCUT2D eigenvalue weighted by atomic mass is 35.5.